The number of rotatable bonds is 11. The van der Waals surface area contributed by atoms with Crippen molar-refractivity contribution in [2.75, 3.05) is 18.5 Å². The van der Waals surface area contributed by atoms with E-state index in [1.807, 2.05) is 6.92 Å². The Morgan fingerprint density at radius 1 is 1.12 bits per heavy atom. The number of amidine groups is 1. The Labute approximate surface area is 189 Å². The number of carbonyl (C=O) groups is 1. The second-order valence-corrected chi connectivity index (χ2v) is 8.19. The molecule has 2 aromatic carbocycles. The van der Waals surface area contributed by atoms with Crippen LogP contribution in [0.3, 0.4) is 0 Å². The molecule has 1 fully saturated rings. The fourth-order valence-corrected chi connectivity index (χ4v) is 4.10. The first-order chi connectivity index (χ1) is 15.5. The highest BCUT2D eigenvalue weighted by Gasteiger charge is 2.22. The van der Waals surface area contributed by atoms with Gasteiger partial charge in [0.2, 0.25) is 0 Å². The summed E-state index contributed by atoms with van der Waals surface area (Å²) in [6.45, 7) is 2.98. The lowest BCUT2D eigenvalue weighted by atomic mass is 9.87. The zero-order chi connectivity index (χ0) is 22.9. The van der Waals surface area contributed by atoms with Crippen LogP contribution in [0.2, 0.25) is 0 Å². The summed E-state index contributed by atoms with van der Waals surface area (Å²) in [6, 6.07) is 11.1. The zero-order valence-electron chi connectivity index (χ0n) is 18.6. The Bertz CT molecular complexity index is 908. The predicted molar refractivity (Wildman–Crippen MR) is 126 cm³/mol. The highest BCUT2D eigenvalue weighted by molar-refractivity contribution is 5.95. The molecule has 3 rings (SSSR count). The number of hydrogen-bond donors (Lipinski definition) is 4. The van der Waals surface area contributed by atoms with Crippen molar-refractivity contribution in [3.05, 3.63) is 53.6 Å². The van der Waals surface area contributed by atoms with Crippen LogP contribution in [-0.2, 0) is 4.79 Å². The van der Waals surface area contributed by atoms with E-state index >= 15 is 0 Å². The van der Waals surface area contributed by atoms with E-state index in [4.69, 9.17) is 20.6 Å². The third-order valence-electron chi connectivity index (χ3n) is 5.86. The van der Waals surface area contributed by atoms with Gasteiger partial charge in [-0.25, -0.2) is 4.79 Å². The summed E-state index contributed by atoms with van der Waals surface area (Å²) in [5.41, 5.74) is 7.25. The minimum absolute atomic E-state index is 0.0354. The van der Waals surface area contributed by atoms with Crippen molar-refractivity contribution in [1.29, 1.82) is 5.41 Å². The van der Waals surface area contributed by atoms with Crippen LogP contribution in [0.1, 0.15) is 62.6 Å². The molecule has 0 aromatic heterocycles. The number of aliphatic carboxylic acids is 1. The Morgan fingerprint density at radius 3 is 2.47 bits per heavy atom. The van der Waals surface area contributed by atoms with Gasteiger partial charge in [0.1, 0.15) is 5.84 Å². The van der Waals surface area contributed by atoms with Crippen molar-refractivity contribution in [2.45, 2.75) is 51.5 Å². The first kappa shape index (κ1) is 23.4. The number of hydrogen-bond acceptors (Lipinski definition) is 5. The predicted octanol–water partition coefficient (Wildman–Crippen LogP) is 4.96. The molecule has 0 spiro atoms. The van der Waals surface area contributed by atoms with Gasteiger partial charge in [-0.15, -0.1) is 0 Å². The quantitative estimate of drug-likeness (QED) is 0.290. The van der Waals surface area contributed by atoms with Gasteiger partial charge in [-0.2, -0.15) is 0 Å². The fraction of sp³-hybridized carbons (Fsp3) is 0.440. The lowest BCUT2D eigenvalue weighted by Gasteiger charge is -2.22. The minimum atomic E-state index is -1.01. The molecule has 5 N–H and O–H groups in total. The number of nitrogens with two attached hydrogens (primary N) is 1. The van der Waals surface area contributed by atoms with Crippen molar-refractivity contribution in [3.63, 3.8) is 0 Å². The summed E-state index contributed by atoms with van der Waals surface area (Å²) in [5.74, 6) is 0.879. The van der Waals surface area contributed by atoms with E-state index in [0.717, 1.165) is 12.3 Å². The molecule has 1 atom stereocenters. The molecule has 0 bridgehead atoms. The third kappa shape index (κ3) is 6.39. The first-order valence-corrected chi connectivity index (χ1v) is 11.3. The number of carboxylic acid groups (broad SMARTS) is 1. The van der Waals surface area contributed by atoms with Gasteiger partial charge in [-0.1, -0.05) is 38.2 Å². The van der Waals surface area contributed by atoms with E-state index in [0.29, 0.717) is 41.5 Å². The summed E-state index contributed by atoms with van der Waals surface area (Å²) in [5, 5.41) is 20.3. The molecule has 0 radical (unpaired) electrons. The van der Waals surface area contributed by atoms with Crippen LogP contribution in [-0.4, -0.2) is 30.1 Å². The average molecular weight is 440 g/mol. The van der Waals surface area contributed by atoms with Crippen molar-refractivity contribution in [1.82, 2.24) is 0 Å². The Balaban J connectivity index is 1.71. The SMILES string of the molecule is CCOc1cc([C@@H](Nc2ccc(C(=N)N)cc2)C(=O)O)ccc1OCCC1CCCCC1. The minimum Gasteiger partial charge on any atom is -0.490 e. The molecule has 0 saturated heterocycles. The van der Waals surface area contributed by atoms with Gasteiger partial charge < -0.3 is 25.6 Å². The molecule has 2 aromatic rings. The second kappa shape index (κ2) is 11.4. The van der Waals surface area contributed by atoms with Gasteiger partial charge in [0.15, 0.2) is 17.5 Å². The smallest absolute Gasteiger partial charge is 0.330 e. The van der Waals surface area contributed by atoms with Gasteiger partial charge >= 0.3 is 5.97 Å². The molecule has 1 saturated carbocycles. The van der Waals surface area contributed by atoms with E-state index in [-0.39, 0.29) is 5.84 Å². The average Bonchev–Trinajstić information content (AvgIpc) is 2.79. The topological polar surface area (TPSA) is 118 Å². The van der Waals surface area contributed by atoms with Crippen molar-refractivity contribution in [3.8, 4) is 11.5 Å². The molecular formula is C25H33N3O4. The normalized spacial score (nSPS) is 15.0. The van der Waals surface area contributed by atoms with Crippen LogP contribution in [0.4, 0.5) is 5.69 Å². The monoisotopic (exact) mass is 439 g/mol. The lowest BCUT2D eigenvalue weighted by Crippen LogP contribution is -2.21. The summed E-state index contributed by atoms with van der Waals surface area (Å²) < 4.78 is 11.8. The largest absolute Gasteiger partial charge is 0.490 e. The van der Waals surface area contributed by atoms with Crippen LogP contribution < -0.4 is 20.5 Å². The molecule has 172 valence electrons. The van der Waals surface area contributed by atoms with Crippen LogP contribution in [0.15, 0.2) is 42.5 Å². The molecule has 0 unspecified atom stereocenters. The Morgan fingerprint density at radius 2 is 1.84 bits per heavy atom. The number of carboxylic acids is 1. The third-order valence-corrected chi connectivity index (χ3v) is 5.86. The molecule has 7 heteroatoms. The van der Waals surface area contributed by atoms with Gasteiger partial charge in [0.05, 0.1) is 13.2 Å². The van der Waals surface area contributed by atoms with Crippen molar-refractivity contribution >= 4 is 17.5 Å². The molecule has 0 heterocycles. The van der Waals surface area contributed by atoms with Gasteiger partial charge in [0, 0.05) is 11.3 Å². The van der Waals surface area contributed by atoms with E-state index in [9.17, 15) is 9.90 Å². The summed E-state index contributed by atoms with van der Waals surface area (Å²) in [6.07, 6.45) is 7.55. The number of nitrogens with one attached hydrogen (secondary N) is 2. The summed E-state index contributed by atoms with van der Waals surface area (Å²) >= 11 is 0. The van der Waals surface area contributed by atoms with Gasteiger partial charge in [-0.05, 0) is 61.2 Å². The highest BCUT2D eigenvalue weighted by atomic mass is 16.5. The maximum Gasteiger partial charge on any atom is 0.330 e. The van der Waals surface area contributed by atoms with Gasteiger partial charge in [0.25, 0.3) is 0 Å². The highest BCUT2D eigenvalue weighted by Crippen LogP contribution is 2.33. The Kier molecular flexibility index (Phi) is 8.36. The molecule has 1 aliphatic rings. The van der Waals surface area contributed by atoms with Crippen LogP contribution in [0, 0.1) is 11.3 Å². The fourth-order valence-electron chi connectivity index (χ4n) is 4.10. The second-order valence-electron chi connectivity index (χ2n) is 8.19. The number of benzene rings is 2. The van der Waals surface area contributed by atoms with Crippen molar-refractivity contribution in [2.24, 2.45) is 11.7 Å². The van der Waals surface area contributed by atoms with Crippen molar-refractivity contribution < 1.29 is 19.4 Å². The van der Waals surface area contributed by atoms with E-state index in [2.05, 4.69) is 5.32 Å². The Hall–Kier alpha value is -3.22. The van der Waals surface area contributed by atoms with Crippen LogP contribution in [0.25, 0.3) is 0 Å². The van der Waals surface area contributed by atoms with Crippen LogP contribution >= 0.6 is 0 Å². The molecule has 0 aliphatic heterocycles. The summed E-state index contributed by atoms with van der Waals surface area (Å²) in [7, 11) is 0. The standard InChI is InChI=1S/C25H33N3O4/c1-2-31-22-16-19(10-13-21(22)32-15-14-17-6-4-3-5-7-17)23(25(29)30)28-20-11-8-18(9-12-20)24(26)27/h8-13,16-17,23,28H,2-7,14-15H2,1H3,(H3,26,27)(H,29,30)/t23-/m1/s1. The molecule has 0 amide bonds. The van der Waals surface area contributed by atoms with Crippen LogP contribution in [0.5, 0.6) is 11.5 Å². The van der Waals surface area contributed by atoms with E-state index < -0.39 is 12.0 Å². The summed E-state index contributed by atoms with van der Waals surface area (Å²) in [4.78, 5) is 12.0. The molecule has 1 aliphatic carbocycles. The molecule has 7 nitrogen and oxygen atoms in total. The molecule has 32 heavy (non-hydrogen) atoms. The zero-order valence-corrected chi connectivity index (χ0v) is 18.6. The van der Waals surface area contributed by atoms with E-state index in [1.54, 1.807) is 42.5 Å². The maximum atomic E-state index is 12.0. The number of ether oxygens (including phenoxy) is 2. The number of nitrogen functional groups attached to an aromatic ring is 1. The maximum absolute atomic E-state index is 12.0. The van der Waals surface area contributed by atoms with E-state index in [1.165, 1.54) is 32.1 Å². The first-order valence-electron chi connectivity index (χ1n) is 11.3. The lowest BCUT2D eigenvalue weighted by molar-refractivity contribution is -0.138. The molecular weight excluding hydrogens is 406 g/mol. The van der Waals surface area contributed by atoms with Gasteiger partial charge in [-0.3, -0.25) is 5.41 Å². The number of anilines is 1.